The van der Waals surface area contributed by atoms with Gasteiger partial charge in [0.2, 0.25) is 17.2 Å². The van der Waals surface area contributed by atoms with Gasteiger partial charge in [0.15, 0.2) is 0 Å². The van der Waals surface area contributed by atoms with Crippen molar-refractivity contribution in [1.29, 1.82) is 0 Å². The molecular weight excluding hydrogens is 266 g/mol. The van der Waals surface area contributed by atoms with E-state index in [2.05, 4.69) is 39.0 Å². The summed E-state index contributed by atoms with van der Waals surface area (Å²) in [6.07, 6.45) is 2.22. The Morgan fingerprint density at radius 1 is 1.37 bits per heavy atom. The maximum absolute atomic E-state index is 5.96. The zero-order valence-corrected chi connectivity index (χ0v) is 12.2. The molecule has 2 rings (SSSR count). The van der Waals surface area contributed by atoms with E-state index in [0.29, 0.717) is 18.5 Å². The van der Waals surface area contributed by atoms with Gasteiger partial charge in [-0.15, -0.1) is 0 Å². The van der Waals surface area contributed by atoms with Crippen LogP contribution in [0.5, 0.6) is 0 Å². The van der Waals surface area contributed by atoms with E-state index in [-0.39, 0.29) is 11.4 Å². The van der Waals surface area contributed by atoms with Crippen LogP contribution in [0.3, 0.4) is 0 Å². The average molecular weight is 286 g/mol. The van der Waals surface area contributed by atoms with Gasteiger partial charge in [-0.2, -0.15) is 15.0 Å². The molecule has 1 aliphatic heterocycles. The molecule has 0 spiro atoms. The molecule has 0 amide bonds. The Balaban J connectivity index is 2.11. The summed E-state index contributed by atoms with van der Waals surface area (Å²) >= 11 is 5.96. The normalized spacial score (nSPS) is 19.5. The molecule has 19 heavy (non-hydrogen) atoms. The van der Waals surface area contributed by atoms with E-state index in [0.717, 1.165) is 32.5 Å². The minimum absolute atomic E-state index is 0.225. The molecule has 1 aliphatic rings. The molecule has 1 aromatic heterocycles. The number of nitrogens with zero attached hydrogens (tertiary/aromatic N) is 4. The Morgan fingerprint density at radius 2 is 2.21 bits per heavy atom. The largest absolute Gasteiger partial charge is 0.375 e. The van der Waals surface area contributed by atoms with E-state index in [1.807, 2.05) is 0 Å². The third-order valence-corrected chi connectivity index (χ3v) is 3.18. The zero-order valence-electron chi connectivity index (χ0n) is 11.4. The van der Waals surface area contributed by atoms with Crippen LogP contribution in [-0.2, 0) is 4.74 Å². The monoisotopic (exact) mass is 285 g/mol. The van der Waals surface area contributed by atoms with Gasteiger partial charge in [0.25, 0.3) is 0 Å². The number of hydrogen-bond donors (Lipinski definition) is 1. The summed E-state index contributed by atoms with van der Waals surface area (Å²) in [6.45, 7) is 7.29. The van der Waals surface area contributed by atoms with Gasteiger partial charge in [0, 0.05) is 19.6 Å². The van der Waals surface area contributed by atoms with Gasteiger partial charge in [0.05, 0.1) is 12.7 Å². The van der Waals surface area contributed by atoms with Crippen LogP contribution in [0.1, 0.15) is 26.7 Å². The number of halogens is 1. The van der Waals surface area contributed by atoms with Crippen molar-refractivity contribution in [2.75, 3.05) is 36.5 Å². The topological polar surface area (TPSA) is 63.2 Å². The van der Waals surface area contributed by atoms with E-state index in [4.69, 9.17) is 16.3 Å². The number of aromatic nitrogens is 3. The Bertz CT molecular complexity index is 417. The van der Waals surface area contributed by atoms with Crippen molar-refractivity contribution in [1.82, 2.24) is 15.0 Å². The number of rotatable bonds is 5. The lowest BCUT2D eigenvalue weighted by Crippen LogP contribution is -2.43. The number of nitrogens with one attached hydrogen (secondary N) is 1. The summed E-state index contributed by atoms with van der Waals surface area (Å²) in [5, 5.41) is 3.36. The molecule has 0 radical (unpaired) electrons. The van der Waals surface area contributed by atoms with E-state index in [1.54, 1.807) is 0 Å². The number of anilines is 2. The maximum atomic E-state index is 5.96. The molecule has 2 heterocycles. The molecule has 0 aromatic carbocycles. The van der Waals surface area contributed by atoms with Gasteiger partial charge < -0.3 is 15.0 Å². The highest BCUT2D eigenvalue weighted by molar-refractivity contribution is 6.28. The average Bonchev–Trinajstić information content (AvgIpc) is 2.44. The predicted octanol–water partition coefficient (Wildman–Crippen LogP) is 1.96. The van der Waals surface area contributed by atoms with Crippen molar-refractivity contribution < 1.29 is 4.74 Å². The van der Waals surface area contributed by atoms with E-state index in [1.165, 1.54) is 0 Å². The first-order chi connectivity index (χ1) is 9.22. The SMILES string of the molecule is CCCNc1nc(Cl)nc(N2CCOC(CC)C2)n1. The van der Waals surface area contributed by atoms with Gasteiger partial charge in [0.1, 0.15) is 0 Å². The van der Waals surface area contributed by atoms with Crippen LogP contribution in [0.15, 0.2) is 0 Å². The van der Waals surface area contributed by atoms with Crippen molar-refractivity contribution in [3.8, 4) is 0 Å². The summed E-state index contributed by atoms with van der Waals surface area (Å²) in [4.78, 5) is 14.8. The molecular formula is C12H20ClN5O. The first kappa shape index (κ1) is 14.3. The van der Waals surface area contributed by atoms with Crippen LogP contribution in [-0.4, -0.2) is 47.3 Å². The minimum atomic E-state index is 0.225. The fourth-order valence-corrected chi connectivity index (χ4v) is 2.10. The molecule has 7 heteroatoms. The van der Waals surface area contributed by atoms with Crippen LogP contribution in [0.4, 0.5) is 11.9 Å². The molecule has 1 fully saturated rings. The Hall–Kier alpha value is -1.14. The fraction of sp³-hybridized carbons (Fsp3) is 0.750. The molecule has 0 saturated carbocycles. The highest BCUT2D eigenvalue weighted by atomic mass is 35.5. The molecule has 1 N–H and O–H groups in total. The molecule has 1 unspecified atom stereocenters. The Morgan fingerprint density at radius 3 is 2.95 bits per heavy atom. The highest BCUT2D eigenvalue weighted by Crippen LogP contribution is 2.17. The second-order valence-electron chi connectivity index (χ2n) is 4.50. The van der Waals surface area contributed by atoms with Gasteiger partial charge in [-0.1, -0.05) is 13.8 Å². The van der Waals surface area contributed by atoms with E-state index in [9.17, 15) is 0 Å². The molecule has 6 nitrogen and oxygen atoms in total. The standard InChI is InChI=1S/C12H20ClN5O/c1-3-5-14-11-15-10(13)16-12(17-11)18-6-7-19-9(4-2)8-18/h9H,3-8H2,1-2H3,(H,14,15,16,17). The third-order valence-electron chi connectivity index (χ3n) is 3.01. The lowest BCUT2D eigenvalue weighted by Gasteiger charge is -2.32. The Kier molecular flexibility index (Phi) is 5.15. The predicted molar refractivity (Wildman–Crippen MR) is 75.9 cm³/mol. The van der Waals surface area contributed by atoms with Crippen molar-refractivity contribution in [2.24, 2.45) is 0 Å². The van der Waals surface area contributed by atoms with Gasteiger partial charge in [-0.05, 0) is 24.4 Å². The van der Waals surface area contributed by atoms with Crippen LogP contribution in [0.25, 0.3) is 0 Å². The minimum Gasteiger partial charge on any atom is -0.375 e. The number of ether oxygens (including phenoxy) is 1. The molecule has 1 atom stereocenters. The number of hydrogen-bond acceptors (Lipinski definition) is 6. The molecule has 1 aromatic rings. The van der Waals surface area contributed by atoms with Crippen molar-refractivity contribution >= 4 is 23.5 Å². The lowest BCUT2D eigenvalue weighted by atomic mass is 10.2. The molecule has 106 valence electrons. The van der Waals surface area contributed by atoms with Gasteiger partial charge in [-0.3, -0.25) is 0 Å². The van der Waals surface area contributed by atoms with Crippen molar-refractivity contribution in [3.05, 3.63) is 5.28 Å². The smallest absolute Gasteiger partial charge is 0.231 e. The second-order valence-corrected chi connectivity index (χ2v) is 4.84. The molecule has 0 bridgehead atoms. The molecule has 1 saturated heterocycles. The van der Waals surface area contributed by atoms with Gasteiger partial charge in [-0.25, -0.2) is 0 Å². The highest BCUT2D eigenvalue weighted by Gasteiger charge is 2.22. The molecule has 0 aliphatic carbocycles. The van der Waals surface area contributed by atoms with Crippen LogP contribution in [0, 0.1) is 0 Å². The van der Waals surface area contributed by atoms with Gasteiger partial charge >= 0.3 is 0 Å². The summed E-state index contributed by atoms with van der Waals surface area (Å²) in [5.74, 6) is 1.16. The Labute approximate surface area is 118 Å². The van der Waals surface area contributed by atoms with Crippen LogP contribution < -0.4 is 10.2 Å². The first-order valence-electron chi connectivity index (χ1n) is 6.75. The fourth-order valence-electron chi connectivity index (χ4n) is 1.94. The lowest BCUT2D eigenvalue weighted by molar-refractivity contribution is 0.0379. The summed E-state index contributed by atoms with van der Waals surface area (Å²) in [5.41, 5.74) is 0. The summed E-state index contributed by atoms with van der Waals surface area (Å²) < 4.78 is 5.64. The second kappa shape index (κ2) is 6.86. The van der Waals surface area contributed by atoms with E-state index < -0.39 is 0 Å². The summed E-state index contributed by atoms with van der Waals surface area (Å²) in [6, 6.07) is 0. The van der Waals surface area contributed by atoms with Crippen LogP contribution >= 0.6 is 11.6 Å². The summed E-state index contributed by atoms with van der Waals surface area (Å²) in [7, 11) is 0. The van der Waals surface area contributed by atoms with Crippen molar-refractivity contribution in [3.63, 3.8) is 0 Å². The van der Waals surface area contributed by atoms with Crippen LogP contribution in [0.2, 0.25) is 5.28 Å². The maximum Gasteiger partial charge on any atom is 0.231 e. The third kappa shape index (κ3) is 3.91. The van der Waals surface area contributed by atoms with E-state index >= 15 is 0 Å². The zero-order chi connectivity index (χ0) is 13.7. The van der Waals surface area contributed by atoms with Crippen molar-refractivity contribution in [2.45, 2.75) is 32.8 Å². The first-order valence-corrected chi connectivity index (χ1v) is 7.12. The number of morpholine rings is 1. The quantitative estimate of drug-likeness (QED) is 0.892.